The van der Waals surface area contributed by atoms with Gasteiger partial charge in [0, 0.05) is 17.7 Å². The van der Waals surface area contributed by atoms with Crippen molar-refractivity contribution >= 4 is 5.78 Å². The maximum atomic E-state index is 12.7. The fourth-order valence-corrected chi connectivity index (χ4v) is 4.40. The molecule has 0 amide bonds. The van der Waals surface area contributed by atoms with Crippen LogP contribution in [0.4, 0.5) is 0 Å². The van der Waals surface area contributed by atoms with E-state index in [1.54, 1.807) is 0 Å². The molecule has 2 aliphatic heterocycles. The molecule has 2 fully saturated rings. The van der Waals surface area contributed by atoms with E-state index < -0.39 is 90.9 Å². The maximum absolute atomic E-state index is 12.7. The standard InChI is InChI=1S/C25H30O14/c1-9-23(39-25-21(34)19(32)18(31)15(8-26)38-25)20(33)22(35)24(36-9)37-12-6-13(28)16(14(29)7-12)17(30)10-2-4-11(27)5-3-10/h2-7,9,15,18-29,31-35H,8H2,1H3/t9-,15+,18-,19-,20-,21+,22+,23-,24-,25-/m0/s1. The summed E-state index contributed by atoms with van der Waals surface area (Å²) in [7, 11) is 0. The van der Waals surface area contributed by atoms with E-state index in [1.807, 2.05) is 0 Å². The Labute approximate surface area is 221 Å². The Balaban J connectivity index is 1.45. The molecule has 2 saturated heterocycles. The number of ether oxygens (including phenoxy) is 4. The SMILES string of the molecule is C[C@@H]1O[C@@H](Oc2cc(O)c(C(=O)c3ccc(O)cc3)c(O)c2)[C@H](O)[C@H](O)[C@H]1O[C@@H]1O[C@H](CO)[C@H](O)[C@H](O)[C@H]1O. The van der Waals surface area contributed by atoms with Gasteiger partial charge in [-0.2, -0.15) is 0 Å². The van der Waals surface area contributed by atoms with Gasteiger partial charge in [0.15, 0.2) is 6.29 Å². The van der Waals surface area contributed by atoms with Gasteiger partial charge < -0.3 is 64.9 Å². The number of phenolic OH excluding ortho intramolecular Hbond substituents is 3. The second-order valence-electron chi connectivity index (χ2n) is 9.32. The largest absolute Gasteiger partial charge is 0.508 e. The number of aliphatic hydroxyl groups is 6. The lowest BCUT2D eigenvalue weighted by atomic mass is 9.97. The second-order valence-corrected chi connectivity index (χ2v) is 9.32. The van der Waals surface area contributed by atoms with Gasteiger partial charge in [-0.3, -0.25) is 4.79 Å². The third-order valence-electron chi connectivity index (χ3n) is 6.60. The van der Waals surface area contributed by atoms with Crippen LogP contribution >= 0.6 is 0 Å². The lowest BCUT2D eigenvalue weighted by molar-refractivity contribution is -0.348. The molecule has 39 heavy (non-hydrogen) atoms. The second kappa shape index (κ2) is 11.6. The van der Waals surface area contributed by atoms with E-state index in [-0.39, 0.29) is 17.1 Å². The minimum Gasteiger partial charge on any atom is -0.508 e. The van der Waals surface area contributed by atoms with Crippen LogP contribution in [0, 0.1) is 0 Å². The van der Waals surface area contributed by atoms with Crippen molar-refractivity contribution in [2.24, 2.45) is 0 Å². The minimum atomic E-state index is -1.77. The van der Waals surface area contributed by atoms with E-state index in [9.17, 15) is 50.8 Å². The highest BCUT2D eigenvalue weighted by molar-refractivity contribution is 6.12. The number of hydrogen-bond acceptors (Lipinski definition) is 14. The summed E-state index contributed by atoms with van der Waals surface area (Å²) in [6.07, 6.45) is -15.3. The minimum absolute atomic E-state index is 0.0768. The zero-order valence-electron chi connectivity index (χ0n) is 20.5. The van der Waals surface area contributed by atoms with Crippen LogP contribution in [-0.2, 0) is 14.2 Å². The summed E-state index contributed by atoms with van der Waals surface area (Å²) >= 11 is 0. The molecule has 0 bridgehead atoms. The molecule has 2 aromatic rings. The Morgan fingerprint density at radius 1 is 0.821 bits per heavy atom. The molecular weight excluding hydrogens is 524 g/mol. The summed E-state index contributed by atoms with van der Waals surface area (Å²) in [6.45, 7) is 0.746. The lowest BCUT2D eigenvalue weighted by Crippen LogP contribution is -2.64. The molecule has 0 unspecified atom stereocenters. The summed E-state index contributed by atoms with van der Waals surface area (Å²) in [6, 6.07) is 7.13. The van der Waals surface area contributed by atoms with E-state index in [1.165, 1.54) is 31.2 Å². The van der Waals surface area contributed by atoms with E-state index in [0.717, 1.165) is 12.1 Å². The van der Waals surface area contributed by atoms with E-state index in [2.05, 4.69) is 0 Å². The Hall–Kier alpha value is -3.05. The summed E-state index contributed by atoms with van der Waals surface area (Å²) < 4.78 is 21.9. The van der Waals surface area contributed by atoms with Gasteiger partial charge in [-0.1, -0.05) is 0 Å². The molecule has 214 valence electrons. The first-order chi connectivity index (χ1) is 18.4. The van der Waals surface area contributed by atoms with E-state index in [4.69, 9.17) is 18.9 Å². The summed E-state index contributed by atoms with van der Waals surface area (Å²) in [4.78, 5) is 12.7. The third-order valence-corrected chi connectivity index (χ3v) is 6.60. The molecular formula is C25H30O14. The highest BCUT2D eigenvalue weighted by atomic mass is 16.7. The Morgan fingerprint density at radius 3 is 2.00 bits per heavy atom. The number of carbonyl (C=O) groups excluding carboxylic acids is 1. The molecule has 2 aliphatic rings. The normalized spacial score (nSPS) is 34.9. The van der Waals surface area contributed by atoms with Crippen molar-refractivity contribution in [1.82, 2.24) is 0 Å². The Morgan fingerprint density at radius 2 is 1.41 bits per heavy atom. The van der Waals surface area contributed by atoms with Gasteiger partial charge in [-0.05, 0) is 31.2 Å². The predicted molar refractivity (Wildman–Crippen MR) is 127 cm³/mol. The average molecular weight is 555 g/mol. The van der Waals surface area contributed by atoms with Crippen molar-refractivity contribution in [1.29, 1.82) is 0 Å². The number of phenols is 3. The van der Waals surface area contributed by atoms with E-state index >= 15 is 0 Å². The van der Waals surface area contributed by atoms with Crippen LogP contribution in [-0.4, -0.2) is 120 Å². The highest BCUT2D eigenvalue weighted by Gasteiger charge is 2.50. The van der Waals surface area contributed by atoms with Gasteiger partial charge in [0.25, 0.3) is 0 Å². The number of ketones is 1. The van der Waals surface area contributed by atoms with Crippen LogP contribution in [0.1, 0.15) is 22.8 Å². The molecule has 10 atom stereocenters. The van der Waals surface area contributed by atoms with Crippen molar-refractivity contribution in [2.45, 2.75) is 68.3 Å². The number of aromatic hydroxyl groups is 3. The number of rotatable bonds is 7. The fourth-order valence-electron chi connectivity index (χ4n) is 4.40. The van der Waals surface area contributed by atoms with Gasteiger partial charge >= 0.3 is 0 Å². The first-order valence-electron chi connectivity index (χ1n) is 12.0. The van der Waals surface area contributed by atoms with Crippen molar-refractivity contribution < 1.29 is 69.7 Å². The summed E-state index contributed by atoms with van der Waals surface area (Å²) in [5.74, 6) is -2.32. The molecule has 14 nitrogen and oxygen atoms in total. The van der Waals surface area contributed by atoms with Gasteiger partial charge in [0.2, 0.25) is 12.1 Å². The van der Waals surface area contributed by atoms with Crippen molar-refractivity contribution in [3.63, 3.8) is 0 Å². The Kier molecular flexibility index (Phi) is 8.60. The van der Waals surface area contributed by atoms with Crippen LogP contribution in [0.2, 0.25) is 0 Å². The van der Waals surface area contributed by atoms with Crippen molar-refractivity contribution in [2.75, 3.05) is 6.61 Å². The Bertz CT molecular complexity index is 1130. The smallest absolute Gasteiger partial charge is 0.229 e. The summed E-state index contributed by atoms with van der Waals surface area (Å²) in [5.41, 5.74) is -0.347. The third kappa shape index (κ3) is 5.79. The lowest BCUT2D eigenvalue weighted by Gasteiger charge is -2.45. The van der Waals surface area contributed by atoms with Crippen LogP contribution in [0.3, 0.4) is 0 Å². The number of carbonyl (C=O) groups is 1. The van der Waals surface area contributed by atoms with Gasteiger partial charge in [-0.15, -0.1) is 0 Å². The summed E-state index contributed by atoms with van der Waals surface area (Å²) in [5, 5.41) is 90.9. The van der Waals surface area contributed by atoms with Gasteiger partial charge in [0.05, 0.1) is 12.7 Å². The van der Waals surface area contributed by atoms with Gasteiger partial charge in [-0.25, -0.2) is 0 Å². The van der Waals surface area contributed by atoms with Crippen LogP contribution in [0.25, 0.3) is 0 Å². The molecule has 0 aromatic heterocycles. The molecule has 0 spiro atoms. The average Bonchev–Trinajstić information content (AvgIpc) is 2.89. The van der Waals surface area contributed by atoms with Crippen molar-refractivity contribution in [3.05, 3.63) is 47.5 Å². The van der Waals surface area contributed by atoms with E-state index in [0.29, 0.717) is 0 Å². The molecule has 9 N–H and O–H groups in total. The molecule has 0 saturated carbocycles. The molecule has 4 rings (SSSR count). The zero-order valence-corrected chi connectivity index (χ0v) is 20.5. The monoisotopic (exact) mass is 554 g/mol. The zero-order chi connectivity index (χ0) is 28.6. The molecule has 14 heteroatoms. The van der Waals surface area contributed by atoms with Crippen LogP contribution < -0.4 is 4.74 Å². The molecule has 2 aromatic carbocycles. The first-order valence-corrected chi connectivity index (χ1v) is 12.0. The van der Waals surface area contributed by atoms with Crippen LogP contribution in [0.5, 0.6) is 23.0 Å². The quantitative estimate of drug-likeness (QED) is 0.169. The topological polar surface area (TPSA) is 236 Å². The maximum Gasteiger partial charge on any atom is 0.229 e. The number of hydrogen-bond donors (Lipinski definition) is 9. The number of benzene rings is 2. The molecule has 0 radical (unpaired) electrons. The fraction of sp³-hybridized carbons (Fsp3) is 0.480. The highest BCUT2D eigenvalue weighted by Crippen LogP contribution is 2.36. The first kappa shape index (κ1) is 28.9. The van der Waals surface area contributed by atoms with Crippen LogP contribution in [0.15, 0.2) is 36.4 Å². The van der Waals surface area contributed by atoms with Crippen molar-refractivity contribution in [3.8, 4) is 23.0 Å². The molecule has 0 aliphatic carbocycles. The number of aliphatic hydroxyl groups excluding tert-OH is 6. The molecule has 2 heterocycles. The predicted octanol–water partition coefficient (Wildman–Crippen LogP) is -1.94. The van der Waals surface area contributed by atoms with Gasteiger partial charge in [0.1, 0.15) is 71.3 Å².